The summed E-state index contributed by atoms with van der Waals surface area (Å²) in [6.45, 7) is 0.451. The predicted octanol–water partition coefficient (Wildman–Crippen LogP) is 4.14. The number of benzene rings is 2. The number of halogens is 1. The summed E-state index contributed by atoms with van der Waals surface area (Å²) >= 11 is 1.73. The minimum atomic E-state index is -0.210. The largest absolute Gasteiger partial charge is 0.274 e. The SMILES string of the molecule is O=C1c2ccccc2C(=O)N1CCCCSCc1cccc(F)c1. The first-order valence-corrected chi connectivity index (χ1v) is 9.09. The number of carbonyl (C=O) groups is 2. The fraction of sp³-hybridized carbons (Fsp3) is 0.263. The van der Waals surface area contributed by atoms with Gasteiger partial charge in [0.2, 0.25) is 0 Å². The molecule has 2 amide bonds. The van der Waals surface area contributed by atoms with Crippen LogP contribution in [0.1, 0.15) is 39.1 Å². The molecule has 0 aliphatic carbocycles. The predicted molar refractivity (Wildman–Crippen MR) is 93.6 cm³/mol. The molecule has 5 heteroatoms. The summed E-state index contributed by atoms with van der Waals surface area (Å²) in [7, 11) is 0. The lowest BCUT2D eigenvalue weighted by Gasteiger charge is -2.13. The Hall–Kier alpha value is -2.14. The van der Waals surface area contributed by atoms with Gasteiger partial charge in [-0.2, -0.15) is 11.8 Å². The van der Waals surface area contributed by atoms with Crippen molar-refractivity contribution in [1.29, 1.82) is 0 Å². The Kier molecular flexibility index (Phi) is 5.30. The standard InChI is InChI=1S/C19H18FNO2S/c20-15-7-5-6-14(12-15)13-24-11-4-3-10-21-18(22)16-8-1-2-9-17(16)19(21)23/h1-2,5-9,12H,3-4,10-11,13H2. The quantitative estimate of drug-likeness (QED) is 0.560. The van der Waals surface area contributed by atoms with Crippen molar-refractivity contribution in [3.63, 3.8) is 0 Å². The van der Waals surface area contributed by atoms with E-state index in [1.54, 1.807) is 48.2 Å². The Labute approximate surface area is 144 Å². The summed E-state index contributed by atoms with van der Waals surface area (Å²) in [5, 5.41) is 0. The summed E-state index contributed by atoms with van der Waals surface area (Å²) in [6.07, 6.45) is 1.69. The fourth-order valence-electron chi connectivity index (χ4n) is 2.73. The first-order chi connectivity index (χ1) is 11.7. The van der Waals surface area contributed by atoms with Crippen molar-refractivity contribution in [2.24, 2.45) is 0 Å². The van der Waals surface area contributed by atoms with Crippen molar-refractivity contribution in [3.05, 3.63) is 71.0 Å². The molecule has 0 N–H and O–H groups in total. The molecule has 0 saturated heterocycles. The van der Waals surface area contributed by atoms with E-state index in [1.807, 2.05) is 6.07 Å². The van der Waals surface area contributed by atoms with Crippen molar-refractivity contribution < 1.29 is 14.0 Å². The van der Waals surface area contributed by atoms with E-state index in [1.165, 1.54) is 11.0 Å². The van der Waals surface area contributed by atoms with Gasteiger partial charge in [-0.05, 0) is 48.4 Å². The summed E-state index contributed by atoms with van der Waals surface area (Å²) in [5.41, 5.74) is 1.98. The van der Waals surface area contributed by atoms with Crippen LogP contribution in [-0.4, -0.2) is 29.0 Å². The lowest BCUT2D eigenvalue weighted by molar-refractivity contribution is 0.0652. The third-order valence-corrected chi connectivity index (χ3v) is 5.07. The van der Waals surface area contributed by atoms with Gasteiger partial charge in [-0.15, -0.1) is 0 Å². The molecule has 1 aliphatic rings. The molecule has 124 valence electrons. The molecule has 2 aromatic rings. The first-order valence-electron chi connectivity index (χ1n) is 7.94. The number of amides is 2. The van der Waals surface area contributed by atoms with Crippen molar-refractivity contribution in [3.8, 4) is 0 Å². The molecule has 3 rings (SSSR count). The zero-order chi connectivity index (χ0) is 16.9. The second kappa shape index (κ2) is 7.62. The van der Waals surface area contributed by atoms with Crippen LogP contribution < -0.4 is 0 Å². The Balaban J connectivity index is 1.40. The van der Waals surface area contributed by atoms with Crippen molar-refractivity contribution >= 4 is 23.6 Å². The molecule has 0 fully saturated rings. The molecule has 0 spiro atoms. The lowest BCUT2D eigenvalue weighted by atomic mass is 10.1. The van der Waals surface area contributed by atoms with Crippen LogP contribution in [0.4, 0.5) is 4.39 Å². The third kappa shape index (κ3) is 3.67. The summed E-state index contributed by atoms with van der Waals surface area (Å²) in [5.74, 6) is 1.09. The minimum Gasteiger partial charge on any atom is -0.274 e. The molecule has 0 unspecified atom stereocenters. The van der Waals surface area contributed by atoms with Gasteiger partial charge in [-0.1, -0.05) is 24.3 Å². The number of hydrogen-bond acceptors (Lipinski definition) is 3. The van der Waals surface area contributed by atoms with Gasteiger partial charge in [0.1, 0.15) is 5.82 Å². The monoisotopic (exact) mass is 343 g/mol. The lowest BCUT2D eigenvalue weighted by Crippen LogP contribution is -2.30. The number of unbranched alkanes of at least 4 members (excludes halogenated alkanes) is 1. The van der Waals surface area contributed by atoms with E-state index >= 15 is 0 Å². The Morgan fingerprint density at radius 2 is 1.62 bits per heavy atom. The Bertz CT molecular complexity index is 728. The molecule has 2 aromatic carbocycles. The number of rotatable bonds is 7. The average molecular weight is 343 g/mol. The number of hydrogen-bond donors (Lipinski definition) is 0. The highest BCUT2D eigenvalue weighted by Gasteiger charge is 2.34. The van der Waals surface area contributed by atoms with Crippen LogP contribution in [0.15, 0.2) is 48.5 Å². The topological polar surface area (TPSA) is 37.4 Å². The van der Waals surface area contributed by atoms with Crippen molar-refractivity contribution in [2.75, 3.05) is 12.3 Å². The maximum Gasteiger partial charge on any atom is 0.261 e. The first kappa shape index (κ1) is 16.7. The molecule has 1 aliphatic heterocycles. The Morgan fingerprint density at radius 1 is 0.917 bits per heavy atom. The van der Waals surface area contributed by atoms with Crippen LogP contribution in [0.25, 0.3) is 0 Å². The maximum atomic E-state index is 13.1. The van der Waals surface area contributed by atoms with Gasteiger partial charge in [-0.3, -0.25) is 14.5 Å². The summed E-state index contributed by atoms with van der Waals surface area (Å²) in [6, 6.07) is 13.6. The molecule has 0 radical (unpaired) electrons. The molecule has 0 atom stereocenters. The number of fused-ring (bicyclic) bond motifs is 1. The number of thioether (sulfide) groups is 1. The van der Waals surface area contributed by atoms with Crippen LogP contribution in [0, 0.1) is 5.82 Å². The van der Waals surface area contributed by atoms with Crippen LogP contribution in [0.3, 0.4) is 0 Å². The van der Waals surface area contributed by atoms with E-state index in [9.17, 15) is 14.0 Å². The van der Waals surface area contributed by atoms with Crippen LogP contribution in [-0.2, 0) is 5.75 Å². The zero-order valence-electron chi connectivity index (χ0n) is 13.2. The molecule has 0 aromatic heterocycles. The second-order valence-electron chi connectivity index (χ2n) is 5.70. The van der Waals surface area contributed by atoms with Gasteiger partial charge >= 0.3 is 0 Å². The molecular weight excluding hydrogens is 325 g/mol. The van der Waals surface area contributed by atoms with E-state index in [2.05, 4.69) is 0 Å². The highest BCUT2D eigenvalue weighted by molar-refractivity contribution is 7.98. The zero-order valence-corrected chi connectivity index (χ0v) is 14.0. The van der Waals surface area contributed by atoms with E-state index in [-0.39, 0.29) is 17.6 Å². The molecule has 24 heavy (non-hydrogen) atoms. The van der Waals surface area contributed by atoms with Crippen molar-refractivity contribution in [2.45, 2.75) is 18.6 Å². The van der Waals surface area contributed by atoms with E-state index in [0.717, 1.165) is 29.9 Å². The maximum absolute atomic E-state index is 13.1. The van der Waals surface area contributed by atoms with Gasteiger partial charge in [0.15, 0.2) is 0 Å². The second-order valence-corrected chi connectivity index (χ2v) is 6.80. The molecule has 0 saturated carbocycles. The third-order valence-electron chi connectivity index (χ3n) is 3.96. The van der Waals surface area contributed by atoms with Gasteiger partial charge in [0, 0.05) is 12.3 Å². The molecule has 3 nitrogen and oxygen atoms in total. The van der Waals surface area contributed by atoms with Gasteiger partial charge < -0.3 is 0 Å². The summed E-state index contributed by atoms with van der Waals surface area (Å²) in [4.78, 5) is 25.8. The van der Waals surface area contributed by atoms with Crippen LogP contribution in [0.2, 0.25) is 0 Å². The molecule has 1 heterocycles. The van der Waals surface area contributed by atoms with Crippen LogP contribution in [0.5, 0.6) is 0 Å². The fourth-order valence-corrected chi connectivity index (χ4v) is 3.70. The van der Waals surface area contributed by atoms with Gasteiger partial charge in [0.25, 0.3) is 11.8 Å². The number of carbonyl (C=O) groups excluding carboxylic acids is 2. The summed E-state index contributed by atoms with van der Waals surface area (Å²) < 4.78 is 13.1. The number of imide groups is 1. The van der Waals surface area contributed by atoms with E-state index in [4.69, 9.17) is 0 Å². The number of nitrogens with zero attached hydrogens (tertiary/aromatic N) is 1. The highest BCUT2D eigenvalue weighted by atomic mass is 32.2. The van der Waals surface area contributed by atoms with Crippen molar-refractivity contribution in [1.82, 2.24) is 4.90 Å². The minimum absolute atomic E-state index is 0.192. The van der Waals surface area contributed by atoms with Gasteiger partial charge in [0.05, 0.1) is 11.1 Å². The highest BCUT2D eigenvalue weighted by Crippen LogP contribution is 2.23. The smallest absolute Gasteiger partial charge is 0.261 e. The normalized spacial score (nSPS) is 13.5. The van der Waals surface area contributed by atoms with E-state index in [0.29, 0.717) is 17.7 Å². The molecular formula is C19H18FNO2S. The average Bonchev–Trinajstić information content (AvgIpc) is 2.83. The van der Waals surface area contributed by atoms with Gasteiger partial charge in [-0.25, -0.2) is 4.39 Å². The Morgan fingerprint density at radius 3 is 2.29 bits per heavy atom. The van der Waals surface area contributed by atoms with Crippen LogP contribution >= 0.6 is 11.8 Å². The molecule has 0 bridgehead atoms. The van der Waals surface area contributed by atoms with E-state index < -0.39 is 0 Å².